The van der Waals surface area contributed by atoms with Crippen molar-refractivity contribution in [2.75, 3.05) is 0 Å². The van der Waals surface area contributed by atoms with E-state index in [1.165, 1.54) is 0 Å². The van der Waals surface area contributed by atoms with Crippen LogP contribution < -0.4 is 5.73 Å². The van der Waals surface area contributed by atoms with E-state index in [1.807, 2.05) is 18.4 Å². The van der Waals surface area contributed by atoms with Crippen molar-refractivity contribution in [3.05, 3.63) is 16.4 Å². The molecule has 2 aromatic rings. The van der Waals surface area contributed by atoms with Crippen LogP contribution in [0, 0.1) is 13.8 Å². The summed E-state index contributed by atoms with van der Waals surface area (Å²) < 4.78 is 1.85. The van der Waals surface area contributed by atoms with E-state index in [2.05, 4.69) is 10.1 Å². The zero-order chi connectivity index (χ0) is 8.72. The molecule has 12 heavy (non-hydrogen) atoms. The Bertz CT molecular complexity index is 414. The van der Waals surface area contributed by atoms with Gasteiger partial charge in [0.1, 0.15) is 5.01 Å². The predicted molar refractivity (Wildman–Crippen MR) is 48.2 cm³/mol. The van der Waals surface area contributed by atoms with Crippen molar-refractivity contribution in [3.63, 3.8) is 0 Å². The molecular formula is C7H10N4S. The molecule has 2 rings (SSSR count). The first kappa shape index (κ1) is 7.70. The van der Waals surface area contributed by atoms with Crippen LogP contribution >= 0.6 is 11.3 Å². The van der Waals surface area contributed by atoms with Gasteiger partial charge in [0, 0.05) is 6.54 Å². The number of nitrogens with two attached hydrogens (primary N) is 1. The molecule has 0 unspecified atom stereocenters. The van der Waals surface area contributed by atoms with Gasteiger partial charge in [0.25, 0.3) is 0 Å². The molecule has 2 heterocycles. The Balaban J connectivity index is 2.71. The first-order valence-electron chi connectivity index (χ1n) is 3.74. The van der Waals surface area contributed by atoms with E-state index in [1.54, 1.807) is 11.3 Å². The number of aryl methyl sites for hydroxylation is 2. The summed E-state index contributed by atoms with van der Waals surface area (Å²) >= 11 is 1.55. The summed E-state index contributed by atoms with van der Waals surface area (Å²) in [7, 11) is 0. The zero-order valence-corrected chi connectivity index (χ0v) is 7.85. The maximum Gasteiger partial charge on any atom is 0.212 e. The molecule has 0 saturated heterocycles. The summed E-state index contributed by atoms with van der Waals surface area (Å²) in [5, 5.41) is 5.23. The molecule has 4 nitrogen and oxygen atoms in total. The molecule has 0 atom stereocenters. The molecule has 64 valence electrons. The van der Waals surface area contributed by atoms with Gasteiger partial charge in [-0.2, -0.15) is 5.10 Å². The van der Waals surface area contributed by atoms with Crippen LogP contribution in [0.2, 0.25) is 0 Å². The van der Waals surface area contributed by atoms with Crippen LogP contribution in [0.25, 0.3) is 4.96 Å². The largest absolute Gasteiger partial charge is 0.324 e. The van der Waals surface area contributed by atoms with Gasteiger partial charge >= 0.3 is 0 Å². The smallest absolute Gasteiger partial charge is 0.212 e. The topological polar surface area (TPSA) is 56.2 Å². The average Bonchev–Trinajstić information content (AvgIpc) is 2.55. The third-order valence-electron chi connectivity index (χ3n) is 1.88. The molecule has 0 aromatic carbocycles. The molecule has 5 heteroatoms. The highest BCUT2D eigenvalue weighted by molar-refractivity contribution is 7.16. The number of fused-ring (bicyclic) bond motifs is 1. The van der Waals surface area contributed by atoms with Crippen LogP contribution in [0.5, 0.6) is 0 Å². The van der Waals surface area contributed by atoms with Crippen molar-refractivity contribution in [2.45, 2.75) is 20.4 Å². The number of aromatic nitrogens is 3. The Kier molecular flexibility index (Phi) is 1.62. The van der Waals surface area contributed by atoms with Gasteiger partial charge in [0.2, 0.25) is 4.96 Å². The van der Waals surface area contributed by atoms with Crippen molar-refractivity contribution < 1.29 is 0 Å². The maximum atomic E-state index is 5.47. The molecule has 0 spiro atoms. The van der Waals surface area contributed by atoms with Gasteiger partial charge < -0.3 is 5.73 Å². The first-order valence-corrected chi connectivity index (χ1v) is 4.55. The van der Waals surface area contributed by atoms with Crippen LogP contribution in [0.3, 0.4) is 0 Å². The number of hydrogen-bond donors (Lipinski definition) is 1. The van der Waals surface area contributed by atoms with E-state index in [-0.39, 0.29) is 0 Å². The van der Waals surface area contributed by atoms with Gasteiger partial charge in [-0.3, -0.25) is 0 Å². The average molecular weight is 182 g/mol. The Morgan fingerprint density at radius 2 is 2.25 bits per heavy atom. The fourth-order valence-corrected chi connectivity index (χ4v) is 1.94. The summed E-state index contributed by atoms with van der Waals surface area (Å²) in [6.45, 7) is 4.49. The van der Waals surface area contributed by atoms with Gasteiger partial charge in [-0.15, -0.1) is 0 Å². The van der Waals surface area contributed by atoms with E-state index < -0.39 is 0 Å². The predicted octanol–water partition coefficient (Wildman–Crippen LogP) is 0.866. The molecule has 0 aliphatic carbocycles. The maximum absolute atomic E-state index is 5.47. The van der Waals surface area contributed by atoms with Gasteiger partial charge in [-0.1, -0.05) is 11.3 Å². The molecule has 0 fully saturated rings. The number of rotatable bonds is 1. The highest BCUT2D eigenvalue weighted by atomic mass is 32.1. The van der Waals surface area contributed by atoms with Crippen LogP contribution in [0.1, 0.15) is 16.4 Å². The van der Waals surface area contributed by atoms with Crippen molar-refractivity contribution >= 4 is 16.3 Å². The zero-order valence-electron chi connectivity index (χ0n) is 7.03. The number of nitrogens with zero attached hydrogens (tertiary/aromatic N) is 3. The highest BCUT2D eigenvalue weighted by Gasteiger charge is 2.08. The fraction of sp³-hybridized carbons (Fsp3) is 0.429. The van der Waals surface area contributed by atoms with Crippen molar-refractivity contribution in [3.8, 4) is 0 Å². The van der Waals surface area contributed by atoms with Crippen LogP contribution in [0.4, 0.5) is 0 Å². The fourth-order valence-electron chi connectivity index (χ4n) is 1.07. The molecule has 0 amide bonds. The quantitative estimate of drug-likeness (QED) is 0.711. The summed E-state index contributed by atoms with van der Waals surface area (Å²) in [6, 6.07) is 0. The normalized spacial score (nSPS) is 11.2. The van der Waals surface area contributed by atoms with E-state index in [0.29, 0.717) is 6.54 Å². The second kappa shape index (κ2) is 2.53. The lowest BCUT2D eigenvalue weighted by molar-refractivity contribution is 0.868. The van der Waals surface area contributed by atoms with E-state index in [4.69, 9.17) is 5.73 Å². The second-order valence-corrected chi connectivity index (χ2v) is 3.72. The summed E-state index contributed by atoms with van der Waals surface area (Å²) in [5.74, 6) is 0. The van der Waals surface area contributed by atoms with Crippen molar-refractivity contribution in [2.24, 2.45) is 5.73 Å². The molecule has 0 radical (unpaired) electrons. The van der Waals surface area contributed by atoms with Gasteiger partial charge in [-0.25, -0.2) is 9.50 Å². The summed E-state index contributed by atoms with van der Waals surface area (Å²) in [5.41, 5.74) is 7.61. The Labute approximate surface area is 74.0 Å². The molecular weight excluding hydrogens is 172 g/mol. The van der Waals surface area contributed by atoms with E-state index in [9.17, 15) is 0 Å². The van der Waals surface area contributed by atoms with E-state index >= 15 is 0 Å². The Morgan fingerprint density at radius 3 is 2.83 bits per heavy atom. The molecule has 0 aliphatic heterocycles. The summed E-state index contributed by atoms with van der Waals surface area (Å²) in [4.78, 5) is 5.28. The highest BCUT2D eigenvalue weighted by Crippen LogP contribution is 2.16. The van der Waals surface area contributed by atoms with Gasteiger partial charge in [0.15, 0.2) is 0 Å². The lowest BCUT2D eigenvalue weighted by Crippen LogP contribution is -1.97. The third-order valence-corrected chi connectivity index (χ3v) is 2.81. The van der Waals surface area contributed by atoms with Crippen LogP contribution in [-0.2, 0) is 6.54 Å². The van der Waals surface area contributed by atoms with Crippen LogP contribution in [-0.4, -0.2) is 14.6 Å². The summed E-state index contributed by atoms with van der Waals surface area (Å²) in [6.07, 6.45) is 0. The van der Waals surface area contributed by atoms with Gasteiger partial charge in [0.05, 0.1) is 11.4 Å². The second-order valence-electron chi connectivity index (χ2n) is 2.68. The molecule has 0 bridgehead atoms. The standard InChI is InChI=1S/C7H10N4S/c1-4-5(2)11-7(9-4)12-6(3-8)10-11/h3,8H2,1-2H3. The first-order chi connectivity index (χ1) is 5.72. The van der Waals surface area contributed by atoms with E-state index in [0.717, 1.165) is 21.4 Å². The van der Waals surface area contributed by atoms with Gasteiger partial charge in [-0.05, 0) is 13.8 Å². The Morgan fingerprint density at radius 1 is 1.50 bits per heavy atom. The van der Waals surface area contributed by atoms with Crippen molar-refractivity contribution in [1.82, 2.24) is 14.6 Å². The Hall–Kier alpha value is -0.940. The number of imidazole rings is 1. The minimum absolute atomic E-state index is 0.493. The lowest BCUT2D eigenvalue weighted by atomic mass is 10.4. The molecule has 2 N–H and O–H groups in total. The van der Waals surface area contributed by atoms with Crippen LogP contribution in [0.15, 0.2) is 0 Å². The SMILES string of the molecule is Cc1nc2sc(CN)nn2c1C. The molecule has 0 aliphatic rings. The molecule has 0 saturated carbocycles. The minimum atomic E-state index is 0.493. The number of hydrogen-bond acceptors (Lipinski definition) is 4. The third kappa shape index (κ3) is 0.937. The monoisotopic (exact) mass is 182 g/mol. The lowest BCUT2D eigenvalue weighted by Gasteiger charge is -1.87. The minimum Gasteiger partial charge on any atom is -0.324 e. The van der Waals surface area contributed by atoms with Crippen molar-refractivity contribution in [1.29, 1.82) is 0 Å². The molecule has 2 aromatic heterocycles.